The van der Waals surface area contributed by atoms with Gasteiger partial charge in [-0.2, -0.15) is 0 Å². The van der Waals surface area contributed by atoms with Crippen LogP contribution in [-0.2, 0) is 0 Å². The zero-order valence-electron chi connectivity index (χ0n) is 9.36. The van der Waals surface area contributed by atoms with Crippen molar-refractivity contribution in [3.8, 4) is 0 Å². The Labute approximate surface area is 89.1 Å². The Morgan fingerprint density at radius 2 is 1.47 bits per heavy atom. The molecule has 0 aliphatic heterocycles. The summed E-state index contributed by atoms with van der Waals surface area (Å²) in [6.45, 7) is 0.413. The van der Waals surface area contributed by atoms with E-state index in [9.17, 15) is 17.6 Å². The Bertz CT molecular complexity index is 150. The largest absolute Gasteiger partial charge is 0.255 e. The van der Waals surface area contributed by atoms with Gasteiger partial charge in [0.1, 0.15) is 0 Å². The van der Waals surface area contributed by atoms with Crippen LogP contribution >= 0.6 is 0 Å². The smallest absolute Gasteiger partial charge is 0.229 e. The summed E-state index contributed by atoms with van der Waals surface area (Å²) in [7, 11) is 0.500. The first-order valence-electron chi connectivity index (χ1n) is 5.30. The monoisotopic (exact) mass is 228 g/mol. The molecule has 0 spiro atoms. The fourth-order valence-electron chi connectivity index (χ4n) is 2.96. The van der Waals surface area contributed by atoms with Crippen LogP contribution in [0, 0.1) is 23.7 Å². The Morgan fingerprint density at radius 3 is 1.73 bits per heavy atom. The lowest BCUT2D eigenvalue weighted by atomic mass is 9.81. The summed E-state index contributed by atoms with van der Waals surface area (Å²) in [5.74, 6) is 2.75. The van der Waals surface area contributed by atoms with Gasteiger partial charge in [-0.25, -0.2) is 8.78 Å². The van der Waals surface area contributed by atoms with Gasteiger partial charge in [0.05, 0.1) is 13.9 Å². The molecule has 0 N–H and O–H groups in total. The first-order chi connectivity index (χ1) is 7.24. The highest BCUT2D eigenvalue weighted by Crippen LogP contribution is 2.51. The third kappa shape index (κ3) is 3.65. The van der Waals surface area contributed by atoms with E-state index in [2.05, 4.69) is 6.92 Å². The summed E-state index contributed by atoms with van der Waals surface area (Å²) >= 11 is 0. The maximum absolute atomic E-state index is 12.4. The normalized spacial score (nSPS) is 36.4. The van der Waals surface area contributed by atoms with E-state index in [0.717, 1.165) is 11.8 Å². The third-order valence-corrected chi connectivity index (χ3v) is 3.72. The van der Waals surface area contributed by atoms with Gasteiger partial charge in [0.15, 0.2) is 0 Å². The van der Waals surface area contributed by atoms with Crippen LogP contribution in [0.15, 0.2) is 0 Å². The van der Waals surface area contributed by atoms with Gasteiger partial charge in [-0.05, 0) is 42.9 Å². The molecule has 4 heteroatoms. The van der Waals surface area contributed by atoms with E-state index in [4.69, 9.17) is 0 Å². The summed E-state index contributed by atoms with van der Waals surface area (Å²) < 4.78 is 41.2. The number of halogens is 4. The Hall–Kier alpha value is -0.280. The van der Waals surface area contributed by atoms with Gasteiger partial charge in [-0.3, -0.25) is 8.78 Å². The van der Waals surface area contributed by atoms with Crippen molar-refractivity contribution in [2.24, 2.45) is 23.7 Å². The van der Waals surface area contributed by atoms with Gasteiger partial charge in [-0.15, -0.1) is 0 Å². The predicted octanol–water partition coefficient (Wildman–Crippen LogP) is 4.11. The lowest BCUT2D eigenvalue weighted by Gasteiger charge is -2.25. The Morgan fingerprint density at radius 1 is 1.00 bits per heavy atom. The van der Waals surface area contributed by atoms with Crippen molar-refractivity contribution in [3.63, 3.8) is 0 Å². The summed E-state index contributed by atoms with van der Waals surface area (Å²) in [4.78, 5) is 0. The molecular weight excluding hydrogens is 208 g/mol. The second kappa shape index (κ2) is 7.94. The standard InChI is InChI=1S/C9H15F.CH2F2.CH3F/c1-6-7-2-3-8(4-7)9(6)5-10;2-1-3;1-2/h6-9H,2-5H2,1H3;1H2;1H3/t6?,7-,8+,9?;;/m0../s1. The van der Waals surface area contributed by atoms with Crippen LogP contribution in [0.25, 0.3) is 0 Å². The molecule has 2 fully saturated rings. The van der Waals surface area contributed by atoms with E-state index in [0.29, 0.717) is 19.0 Å². The molecule has 0 aromatic heterocycles. The van der Waals surface area contributed by atoms with Crippen molar-refractivity contribution in [2.45, 2.75) is 26.2 Å². The van der Waals surface area contributed by atoms with E-state index in [-0.39, 0.29) is 6.67 Å². The van der Waals surface area contributed by atoms with Crippen LogP contribution in [0.5, 0.6) is 0 Å². The van der Waals surface area contributed by atoms with Gasteiger partial charge in [0.25, 0.3) is 0 Å². The van der Waals surface area contributed by atoms with Gasteiger partial charge in [0, 0.05) is 0 Å². The SMILES string of the molecule is CC1C(CF)[C@@H]2CC[C@H]1C2.CF.FCF. The molecule has 92 valence electrons. The summed E-state index contributed by atoms with van der Waals surface area (Å²) in [6.07, 6.45) is 4.02. The highest BCUT2D eigenvalue weighted by molar-refractivity contribution is 4.94. The van der Waals surface area contributed by atoms with Gasteiger partial charge in [0.2, 0.25) is 6.93 Å². The second-order valence-electron chi connectivity index (χ2n) is 4.11. The summed E-state index contributed by atoms with van der Waals surface area (Å²) in [6, 6.07) is 0. The predicted molar refractivity (Wildman–Crippen MR) is 53.6 cm³/mol. The summed E-state index contributed by atoms with van der Waals surface area (Å²) in [5.41, 5.74) is 0. The van der Waals surface area contributed by atoms with Crippen molar-refractivity contribution < 1.29 is 17.6 Å². The molecule has 0 nitrogen and oxygen atoms in total. The van der Waals surface area contributed by atoms with Crippen LogP contribution in [-0.4, -0.2) is 20.8 Å². The quantitative estimate of drug-likeness (QED) is 0.592. The van der Waals surface area contributed by atoms with Crippen LogP contribution in [0.2, 0.25) is 0 Å². The third-order valence-electron chi connectivity index (χ3n) is 3.72. The van der Waals surface area contributed by atoms with E-state index in [1.807, 2.05) is 0 Å². The number of alkyl halides is 4. The zero-order valence-corrected chi connectivity index (χ0v) is 9.36. The maximum Gasteiger partial charge on any atom is 0.229 e. The minimum atomic E-state index is -1.75. The van der Waals surface area contributed by atoms with E-state index in [1.54, 1.807) is 0 Å². The maximum atomic E-state index is 12.4. The molecule has 0 amide bonds. The molecule has 0 aromatic carbocycles. The van der Waals surface area contributed by atoms with Gasteiger partial charge < -0.3 is 0 Å². The zero-order chi connectivity index (χ0) is 11.8. The lowest BCUT2D eigenvalue weighted by molar-refractivity contribution is 0.193. The first-order valence-corrected chi connectivity index (χ1v) is 5.30. The first kappa shape index (κ1) is 14.7. The second-order valence-corrected chi connectivity index (χ2v) is 4.11. The van der Waals surface area contributed by atoms with Crippen LogP contribution < -0.4 is 0 Å². The van der Waals surface area contributed by atoms with Gasteiger partial charge in [-0.1, -0.05) is 6.92 Å². The number of hydrogen-bond acceptors (Lipinski definition) is 0. The van der Waals surface area contributed by atoms with Crippen LogP contribution in [0.4, 0.5) is 17.6 Å². The number of rotatable bonds is 1. The van der Waals surface area contributed by atoms with Gasteiger partial charge >= 0.3 is 0 Å². The molecule has 2 bridgehead atoms. The molecular formula is C11H20F4. The van der Waals surface area contributed by atoms with Crippen LogP contribution in [0.1, 0.15) is 26.2 Å². The number of hydrogen-bond donors (Lipinski definition) is 0. The molecule has 2 unspecified atom stereocenters. The summed E-state index contributed by atoms with van der Waals surface area (Å²) in [5, 5.41) is 0. The van der Waals surface area contributed by atoms with Crippen molar-refractivity contribution in [1.82, 2.24) is 0 Å². The Kier molecular flexibility index (Phi) is 7.79. The molecule has 0 saturated heterocycles. The molecule has 0 radical (unpaired) electrons. The molecule has 2 aliphatic carbocycles. The van der Waals surface area contributed by atoms with Crippen LogP contribution in [0.3, 0.4) is 0 Å². The molecule has 0 heterocycles. The minimum Gasteiger partial charge on any atom is -0.255 e. The fourth-order valence-corrected chi connectivity index (χ4v) is 2.96. The average Bonchev–Trinajstić information content (AvgIpc) is 2.82. The average molecular weight is 228 g/mol. The molecule has 2 saturated carbocycles. The highest BCUT2D eigenvalue weighted by Gasteiger charge is 2.44. The number of fused-ring (bicyclic) bond motifs is 2. The minimum absolute atomic E-state index is 0.0671. The van der Waals surface area contributed by atoms with Crippen molar-refractivity contribution in [3.05, 3.63) is 0 Å². The molecule has 2 aliphatic rings. The van der Waals surface area contributed by atoms with E-state index in [1.165, 1.54) is 19.3 Å². The van der Waals surface area contributed by atoms with Crippen molar-refractivity contribution >= 4 is 0 Å². The van der Waals surface area contributed by atoms with E-state index >= 15 is 0 Å². The topological polar surface area (TPSA) is 0 Å². The molecule has 4 atom stereocenters. The molecule has 0 aromatic rings. The van der Waals surface area contributed by atoms with E-state index < -0.39 is 6.93 Å². The molecule has 15 heavy (non-hydrogen) atoms. The molecule has 2 rings (SSSR count). The van der Waals surface area contributed by atoms with Crippen molar-refractivity contribution in [2.75, 3.05) is 20.8 Å². The Balaban J connectivity index is 0.000000342. The van der Waals surface area contributed by atoms with Crippen molar-refractivity contribution in [1.29, 1.82) is 0 Å². The lowest BCUT2D eigenvalue weighted by Crippen LogP contribution is -2.21. The fraction of sp³-hybridized carbons (Fsp3) is 1.00. The highest BCUT2D eigenvalue weighted by atomic mass is 19.3.